The summed E-state index contributed by atoms with van der Waals surface area (Å²) < 4.78 is 0. The van der Waals surface area contributed by atoms with E-state index in [1.165, 1.54) is 21.6 Å². The lowest BCUT2D eigenvalue weighted by molar-refractivity contribution is 0.675. The fraction of sp³-hybridized carbons (Fsp3) is 0.294. The van der Waals surface area contributed by atoms with Gasteiger partial charge in [-0.15, -0.1) is 11.8 Å². The molecule has 0 heterocycles. The second-order valence-electron chi connectivity index (χ2n) is 4.92. The Bertz CT molecular complexity index is 610. The molecule has 2 rings (SSSR count). The van der Waals surface area contributed by atoms with E-state index in [1.807, 2.05) is 7.05 Å². The third-order valence-electron chi connectivity index (χ3n) is 3.60. The standard InChI is InChI=1S/C17H20ClNS/c1-11-10-15(18)12(2)9-14(11)17(19-3)13-7-5-6-8-16(13)20-4/h5-10,17,19H,1-4H3. The summed E-state index contributed by atoms with van der Waals surface area (Å²) in [6, 6.07) is 13.0. The van der Waals surface area contributed by atoms with Crippen LogP contribution in [0.25, 0.3) is 0 Å². The molecule has 0 aliphatic heterocycles. The van der Waals surface area contributed by atoms with Gasteiger partial charge in [-0.2, -0.15) is 0 Å². The Labute approximate surface area is 130 Å². The van der Waals surface area contributed by atoms with Crippen LogP contribution in [0, 0.1) is 13.8 Å². The van der Waals surface area contributed by atoms with E-state index in [9.17, 15) is 0 Å². The normalized spacial score (nSPS) is 12.4. The number of benzene rings is 2. The molecule has 0 aromatic heterocycles. The van der Waals surface area contributed by atoms with Gasteiger partial charge in [0, 0.05) is 9.92 Å². The van der Waals surface area contributed by atoms with E-state index in [2.05, 4.69) is 61.8 Å². The first-order valence-corrected chi connectivity index (χ1v) is 8.25. The fourth-order valence-corrected chi connectivity index (χ4v) is 3.35. The minimum Gasteiger partial charge on any atom is -0.309 e. The quantitative estimate of drug-likeness (QED) is 0.799. The number of nitrogens with one attached hydrogen (secondary N) is 1. The fourth-order valence-electron chi connectivity index (χ4n) is 2.50. The van der Waals surface area contributed by atoms with Crippen LogP contribution < -0.4 is 5.32 Å². The lowest BCUT2D eigenvalue weighted by Crippen LogP contribution is -2.19. The molecule has 2 aromatic carbocycles. The molecule has 0 aliphatic rings. The molecule has 0 fully saturated rings. The Morgan fingerprint density at radius 3 is 2.40 bits per heavy atom. The van der Waals surface area contributed by atoms with Crippen molar-refractivity contribution in [1.29, 1.82) is 0 Å². The molecule has 20 heavy (non-hydrogen) atoms. The average molecular weight is 306 g/mol. The zero-order valence-corrected chi connectivity index (χ0v) is 13.9. The van der Waals surface area contributed by atoms with Gasteiger partial charge >= 0.3 is 0 Å². The van der Waals surface area contributed by atoms with Gasteiger partial charge in [0.2, 0.25) is 0 Å². The van der Waals surface area contributed by atoms with Crippen molar-refractivity contribution < 1.29 is 0 Å². The van der Waals surface area contributed by atoms with Gasteiger partial charge in [0.25, 0.3) is 0 Å². The highest BCUT2D eigenvalue weighted by Crippen LogP contribution is 2.33. The van der Waals surface area contributed by atoms with Gasteiger partial charge in [0.1, 0.15) is 0 Å². The van der Waals surface area contributed by atoms with Gasteiger partial charge in [-0.25, -0.2) is 0 Å². The van der Waals surface area contributed by atoms with E-state index >= 15 is 0 Å². The summed E-state index contributed by atoms with van der Waals surface area (Å²) >= 11 is 7.99. The van der Waals surface area contributed by atoms with Gasteiger partial charge in [-0.05, 0) is 61.5 Å². The Morgan fingerprint density at radius 2 is 1.75 bits per heavy atom. The predicted molar refractivity (Wildman–Crippen MR) is 90.1 cm³/mol. The van der Waals surface area contributed by atoms with Crippen LogP contribution in [-0.4, -0.2) is 13.3 Å². The van der Waals surface area contributed by atoms with E-state index in [0.29, 0.717) is 0 Å². The van der Waals surface area contributed by atoms with E-state index in [4.69, 9.17) is 11.6 Å². The van der Waals surface area contributed by atoms with Crippen LogP contribution in [0.5, 0.6) is 0 Å². The Morgan fingerprint density at radius 1 is 1.05 bits per heavy atom. The molecular weight excluding hydrogens is 286 g/mol. The highest BCUT2D eigenvalue weighted by molar-refractivity contribution is 7.98. The van der Waals surface area contributed by atoms with Crippen molar-refractivity contribution in [2.75, 3.05) is 13.3 Å². The molecule has 106 valence electrons. The summed E-state index contributed by atoms with van der Waals surface area (Å²) in [6.07, 6.45) is 2.12. The van der Waals surface area contributed by atoms with Gasteiger partial charge < -0.3 is 5.32 Å². The number of aryl methyl sites for hydroxylation is 2. The number of hydrogen-bond donors (Lipinski definition) is 1. The second kappa shape index (κ2) is 6.66. The topological polar surface area (TPSA) is 12.0 Å². The van der Waals surface area contributed by atoms with Crippen LogP contribution in [0.4, 0.5) is 0 Å². The molecule has 0 amide bonds. The summed E-state index contributed by atoms with van der Waals surface area (Å²) in [5, 5.41) is 4.27. The van der Waals surface area contributed by atoms with Crippen LogP contribution >= 0.6 is 23.4 Å². The van der Waals surface area contributed by atoms with Crippen LogP contribution in [0.2, 0.25) is 5.02 Å². The molecule has 0 bridgehead atoms. The molecule has 2 aromatic rings. The molecule has 1 nitrogen and oxygen atoms in total. The minimum absolute atomic E-state index is 0.189. The third kappa shape index (κ3) is 3.03. The third-order valence-corrected chi connectivity index (χ3v) is 4.82. The van der Waals surface area contributed by atoms with Crippen molar-refractivity contribution in [3.05, 3.63) is 63.7 Å². The highest BCUT2D eigenvalue weighted by atomic mass is 35.5. The minimum atomic E-state index is 0.189. The van der Waals surface area contributed by atoms with E-state index < -0.39 is 0 Å². The first kappa shape index (κ1) is 15.4. The van der Waals surface area contributed by atoms with Crippen LogP contribution in [0.15, 0.2) is 41.3 Å². The summed E-state index contributed by atoms with van der Waals surface area (Å²) in [6.45, 7) is 4.17. The van der Waals surface area contributed by atoms with Crippen molar-refractivity contribution in [1.82, 2.24) is 5.32 Å². The number of halogens is 1. The van der Waals surface area contributed by atoms with Gasteiger partial charge in [-0.1, -0.05) is 35.9 Å². The van der Waals surface area contributed by atoms with Gasteiger partial charge in [0.05, 0.1) is 6.04 Å². The molecule has 0 spiro atoms. The molecule has 1 N–H and O–H groups in total. The van der Waals surface area contributed by atoms with Crippen molar-refractivity contribution in [3.8, 4) is 0 Å². The number of rotatable bonds is 4. The Hall–Kier alpha value is -0.960. The molecule has 1 unspecified atom stereocenters. The van der Waals surface area contributed by atoms with E-state index in [0.717, 1.165) is 10.6 Å². The molecule has 0 saturated heterocycles. The Kier molecular flexibility index (Phi) is 5.14. The summed E-state index contributed by atoms with van der Waals surface area (Å²) in [7, 11) is 2.01. The number of thioether (sulfide) groups is 1. The van der Waals surface area contributed by atoms with Crippen LogP contribution in [0.1, 0.15) is 28.3 Å². The van der Waals surface area contributed by atoms with Crippen LogP contribution in [0.3, 0.4) is 0 Å². The smallest absolute Gasteiger partial charge is 0.0588 e. The summed E-state index contributed by atoms with van der Waals surface area (Å²) in [5.74, 6) is 0. The van der Waals surface area contributed by atoms with E-state index in [1.54, 1.807) is 11.8 Å². The van der Waals surface area contributed by atoms with Crippen molar-refractivity contribution in [2.45, 2.75) is 24.8 Å². The average Bonchev–Trinajstić information content (AvgIpc) is 2.45. The van der Waals surface area contributed by atoms with Crippen LogP contribution in [-0.2, 0) is 0 Å². The summed E-state index contributed by atoms with van der Waals surface area (Å²) in [5.41, 5.74) is 4.94. The molecule has 3 heteroatoms. The maximum atomic E-state index is 6.21. The predicted octanol–water partition coefficient (Wildman–Crippen LogP) is 4.99. The first-order valence-electron chi connectivity index (χ1n) is 6.65. The lowest BCUT2D eigenvalue weighted by Gasteiger charge is -2.22. The highest BCUT2D eigenvalue weighted by Gasteiger charge is 2.18. The SMILES string of the molecule is CNC(c1cc(C)c(Cl)cc1C)c1ccccc1SC. The monoisotopic (exact) mass is 305 g/mol. The zero-order valence-electron chi connectivity index (χ0n) is 12.3. The van der Waals surface area contributed by atoms with E-state index in [-0.39, 0.29) is 6.04 Å². The molecule has 0 radical (unpaired) electrons. The molecule has 0 saturated carbocycles. The Balaban J connectivity index is 2.55. The second-order valence-corrected chi connectivity index (χ2v) is 6.18. The summed E-state index contributed by atoms with van der Waals surface area (Å²) in [4.78, 5) is 1.30. The number of hydrogen-bond acceptors (Lipinski definition) is 2. The maximum absolute atomic E-state index is 6.21. The van der Waals surface area contributed by atoms with Crippen molar-refractivity contribution >= 4 is 23.4 Å². The molecule has 1 atom stereocenters. The molecule has 0 aliphatic carbocycles. The zero-order chi connectivity index (χ0) is 14.7. The van der Waals surface area contributed by atoms with Gasteiger partial charge in [0.15, 0.2) is 0 Å². The maximum Gasteiger partial charge on any atom is 0.0588 e. The van der Waals surface area contributed by atoms with Crippen molar-refractivity contribution in [2.24, 2.45) is 0 Å². The largest absolute Gasteiger partial charge is 0.309 e. The first-order chi connectivity index (χ1) is 9.58. The molecular formula is C17H20ClNS. The lowest BCUT2D eigenvalue weighted by atomic mass is 9.93. The van der Waals surface area contributed by atoms with Crippen molar-refractivity contribution in [3.63, 3.8) is 0 Å². The van der Waals surface area contributed by atoms with Gasteiger partial charge in [-0.3, -0.25) is 0 Å².